The van der Waals surface area contributed by atoms with Gasteiger partial charge in [0.05, 0.1) is 13.0 Å². The maximum atomic E-state index is 11.4. The van der Waals surface area contributed by atoms with E-state index in [4.69, 9.17) is 9.47 Å². The summed E-state index contributed by atoms with van der Waals surface area (Å²) in [5.41, 5.74) is 0. The summed E-state index contributed by atoms with van der Waals surface area (Å²) in [6.07, 6.45) is 10.0. The Hall–Kier alpha value is -0.900. The molecule has 0 saturated carbocycles. The van der Waals surface area contributed by atoms with E-state index < -0.39 is 0 Å². The summed E-state index contributed by atoms with van der Waals surface area (Å²) in [7, 11) is 1.75. The predicted molar refractivity (Wildman–Crippen MR) is 88.9 cm³/mol. The highest BCUT2D eigenvalue weighted by Gasteiger charge is 2.09. The number of ether oxygens (including phenoxy) is 2. The number of hydrogen-bond donors (Lipinski definition) is 0. The van der Waals surface area contributed by atoms with Gasteiger partial charge in [0, 0.05) is 20.1 Å². The number of ketones is 1. The molecule has 0 fully saturated rings. The van der Waals surface area contributed by atoms with Gasteiger partial charge in [0.15, 0.2) is 0 Å². The largest absolute Gasteiger partial charge is 0.466 e. The van der Waals surface area contributed by atoms with Gasteiger partial charge in [-0.25, -0.2) is 0 Å². The number of esters is 1. The summed E-state index contributed by atoms with van der Waals surface area (Å²) < 4.78 is 10.2. The second-order valence-corrected chi connectivity index (χ2v) is 6.03. The van der Waals surface area contributed by atoms with Crippen LogP contribution in [-0.4, -0.2) is 32.1 Å². The lowest BCUT2D eigenvalue weighted by atomic mass is 9.95. The van der Waals surface area contributed by atoms with Gasteiger partial charge < -0.3 is 14.3 Å². The molecule has 0 radical (unpaired) electrons. The topological polar surface area (TPSA) is 52.6 Å². The quantitative estimate of drug-likeness (QED) is 0.334. The average Bonchev–Trinajstić information content (AvgIpc) is 2.50. The fraction of sp³-hybridized carbons (Fsp3) is 0.889. The van der Waals surface area contributed by atoms with Crippen molar-refractivity contribution < 1.29 is 19.1 Å². The number of Topliss-reactive ketones (excluding diaryl/α,β-unsaturated/α-hetero) is 1. The third-order valence-corrected chi connectivity index (χ3v) is 4.01. The lowest BCUT2D eigenvalue weighted by Crippen LogP contribution is -2.11. The van der Waals surface area contributed by atoms with E-state index in [-0.39, 0.29) is 18.2 Å². The highest BCUT2D eigenvalue weighted by atomic mass is 16.5. The smallest absolute Gasteiger partial charge is 0.306 e. The third kappa shape index (κ3) is 14.1. The van der Waals surface area contributed by atoms with Crippen LogP contribution < -0.4 is 0 Å². The molecule has 22 heavy (non-hydrogen) atoms. The first kappa shape index (κ1) is 21.1. The summed E-state index contributed by atoms with van der Waals surface area (Å²) in [5, 5.41) is 0. The van der Waals surface area contributed by atoms with Gasteiger partial charge in [0.25, 0.3) is 0 Å². The molecule has 0 aliphatic carbocycles. The highest BCUT2D eigenvalue weighted by molar-refractivity contribution is 5.80. The Bertz CT molecular complexity index is 289. The van der Waals surface area contributed by atoms with Crippen molar-refractivity contribution >= 4 is 11.8 Å². The maximum Gasteiger partial charge on any atom is 0.306 e. The van der Waals surface area contributed by atoms with Crippen molar-refractivity contribution in [2.24, 2.45) is 5.92 Å². The Morgan fingerprint density at radius 3 is 2.23 bits per heavy atom. The summed E-state index contributed by atoms with van der Waals surface area (Å²) in [6.45, 7) is 5.05. The number of hydrogen-bond acceptors (Lipinski definition) is 4. The molecule has 0 bridgehead atoms. The minimum Gasteiger partial charge on any atom is -0.466 e. The van der Waals surface area contributed by atoms with E-state index in [9.17, 15) is 9.59 Å². The number of rotatable bonds is 15. The van der Waals surface area contributed by atoms with Crippen molar-refractivity contribution in [2.45, 2.75) is 78.1 Å². The van der Waals surface area contributed by atoms with Gasteiger partial charge >= 0.3 is 5.97 Å². The standard InChI is InChI=1S/C18H34O4/c1-4-17(10-8-6-5-7-9-14-21-3)13-15-22-18(20)12-11-16(2)19/h17H,4-15H2,1-3H3. The first-order valence-electron chi connectivity index (χ1n) is 8.74. The van der Waals surface area contributed by atoms with E-state index in [1.165, 1.54) is 39.0 Å². The number of unbranched alkanes of at least 4 members (excludes halogenated alkanes) is 4. The molecule has 0 aromatic carbocycles. The van der Waals surface area contributed by atoms with E-state index in [2.05, 4.69) is 6.92 Å². The van der Waals surface area contributed by atoms with Gasteiger partial charge in [-0.15, -0.1) is 0 Å². The molecule has 4 heteroatoms. The molecule has 130 valence electrons. The summed E-state index contributed by atoms with van der Waals surface area (Å²) in [4.78, 5) is 22.2. The predicted octanol–water partition coefficient (Wildman–Crippen LogP) is 4.30. The Balaban J connectivity index is 3.54. The zero-order valence-corrected chi connectivity index (χ0v) is 14.7. The molecule has 0 rings (SSSR count). The van der Waals surface area contributed by atoms with Crippen molar-refractivity contribution in [1.82, 2.24) is 0 Å². The molecule has 0 aromatic rings. The van der Waals surface area contributed by atoms with Crippen LogP contribution in [0.3, 0.4) is 0 Å². The third-order valence-electron chi connectivity index (χ3n) is 4.01. The normalized spacial score (nSPS) is 12.1. The second kappa shape index (κ2) is 15.0. The molecule has 0 N–H and O–H groups in total. The molecule has 4 nitrogen and oxygen atoms in total. The molecule has 0 aliphatic rings. The van der Waals surface area contributed by atoms with Crippen LogP contribution in [0.5, 0.6) is 0 Å². The lowest BCUT2D eigenvalue weighted by Gasteiger charge is -2.14. The molecule has 0 amide bonds. The van der Waals surface area contributed by atoms with E-state index in [0.29, 0.717) is 18.9 Å². The van der Waals surface area contributed by atoms with Crippen LogP contribution >= 0.6 is 0 Å². The molecule has 1 unspecified atom stereocenters. The summed E-state index contributed by atoms with van der Waals surface area (Å²) in [6, 6.07) is 0. The van der Waals surface area contributed by atoms with Crippen molar-refractivity contribution in [3.8, 4) is 0 Å². The van der Waals surface area contributed by atoms with Gasteiger partial charge in [-0.05, 0) is 25.7 Å². The van der Waals surface area contributed by atoms with E-state index in [0.717, 1.165) is 25.9 Å². The number of carbonyl (C=O) groups excluding carboxylic acids is 2. The van der Waals surface area contributed by atoms with E-state index in [1.54, 1.807) is 7.11 Å². The molecule has 0 aromatic heterocycles. The van der Waals surface area contributed by atoms with Crippen molar-refractivity contribution in [2.75, 3.05) is 20.3 Å². The SMILES string of the molecule is CCC(CCCCCCCOC)CCOC(=O)CCC(C)=O. The molecular weight excluding hydrogens is 280 g/mol. The van der Waals surface area contributed by atoms with Crippen LogP contribution in [-0.2, 0) is 19.1 Å². The van der Waals surface area contributed by atoms with Crippen molar-refractivity contribution in [1.29, 1.82) is 0 Å². The maximum absolute atomic E-state index is 11.4. The summed E-state index contributed by atoms with van der Waals surface area (Å²) in [5.74, 6) is 0.427. The fourth-order valence-electron chi connectivity index (χ4n) is 2.45. The van der Waals surface area contributed by atoms with Crippen LogP contribution in [0.1, 0.15) is 78.1 Å². The molecule has 0 heterocycles. The Labute approximate surface area is 135 Å². The molecule has 1 atom stereocenters. The van der Waals surface area contributed by atoms with Crippen molar-refractivity contribution in [3.63, 3.8) is 0 Å². The van der Waals surface area contributed by atoms with Gasteiger partial charge in [0.2, 0.25) is 0 Å². The zero-order chi connectivity index (χ0) is 16.6. The van der Waals surface area contributed by atoms with Crippen LogP contribution in [0.4, 0.5) is 0 Å². The summed E-state index contributed by atoms with van der Waals surface area (Å²) >= 11 is 0. The van der Waals surface area contributed by atoms with Crippen LogP contribution in [0, 0.1) is 5.92 Å². The van der Waals surface area contributed by atoms with Gasteiger partial charge in [-0.2, -0.15) is 0 Å². The first-order chi connectivity index (χ1) is 10.6. The highest BCUT2D eigenvalue weighted by Crippen LogP contribution is 2.18. The fourth-order valence-corrected chi connectivity index (χ4v) is 2.45. The van der Waals surface area contributed by atoms with Crippen LogP contribution in [0.25, 0.3) is 0 Å². The monoisotopic (exact) mass is 314 g/mol. The first-order valence-corrected chi connectivity index (χ1v) is 8.74. The zero-order valence-electron chi connectivity index (χ0n) is 14.7. The Kier molecular flexibility index (Phi) is 14.4. The average molecular weight is 314 g/mol. The minimum absolute atomic E-state index is 0.0360. The second-order valence-electron chi connectivity index (χ2n) is 6.03. The molecular formula is C18H34O4. The number of methoxy groups -OCH3 is 1. The van der Waals surface area contributed by atoms with Gasteiger partial charge in [-0.3, -0.25) is 4.79 Å². The molecule has 0 spiro atoms. The Morgan fingerprint density at radius 1 is 0.909 bits per heavy atom. The lowest BCUT2D eigenvalue weighted by molar-refractivity contribution is -0.145. The molecule has 0 saturated heterocycles. The van der Waals surface area contributed by atoms with Crippen LogP contribution in [0.15, 0.2) is 0 Å². The van der Waals surface area contributed by atoms with Crippen LogP contribution in [0.2, 0.25) is 0 Å². The Morgan fingerprint density at radius 2 is 1.59 bits per heavy atom. The van der Waals surface area contributed by atoms with Crippen molar-refractivity contribution in [3.05, 3.63) is 0 Å². The minimum atomic E-state index is -0.247. The molecule has 0 aliphatic heterocycles. The van der Waals surface area contributed by atoms with Gasteiger partial charge in [-0.1, -0.05) is 45.4 Å². The van der Waals surface area contributed by atoms with E-state index >= 15 is 0 Å². The number of carbonyl (C=O) groups is 2. The van der Waals surface area contributed by atoms with E-state index in [1.807, 2.05) is 0 Å². The van der Waals surface area contributed by atoms with Gasteiger partial charge in [0.1, 0.15) is 5.78 Å².